The van der Waals surface area contributed by atoms with Crippen LogP contribution in [0.25, 0.3) is 11.0 Å². The first-order chi connectivity index (χ1) is 19.5. The first-order valence-corrected chi connectivity index (χ1v) is 15.6. The van der Waals surface area contributed by atoms with Crippen LogP contribution in [0.15, 0.2) is 94.1 Å². The van der Waals surface area contributed by atoms with Gasteiger partial charge in [0.25, 0.3) is 8.32 Å². The highest BCUT2D eigenvalue weighted by Crippen LogP contribution is 2.37. The van der Waals surface area contributed by atoms with Crippen LogP contribution in [0.2, 0.25) is 5.04 Å². The van der Waals surface area contributed by atoms with E-state index in [0.717, 1.165) is 21.3 Å². The molecule has 5 atom stereocenters. The summed E-state index contributed by atoms with van der Waals surface area (Å²) in [6.45, 7) is 8.18. The minimum Gasteiger partial charge on any atom is -0.462 e. The summed E-state index contributed by atoms with van der Waals surface area (Å²) in [5, 5.41) is 35.0. The molecule has 0 radical (unpaired) electrons. The summed E-state index contributed by atoms with van der Waals surface area (Å²) in [5.41, 5.74) is 0.598. The molecule has 0 spiro atoms. The fourth-order valence-corrected chi connectivity index (χ4v) is 10.2. The molecule has 0 saturated carbocycles. The third-order valence-electron chi connectivity index (χ3n) is 7.72. The number of aryl methyl sites for hydroxylation is 1. The lowest BCUT2D eigenvalue weighted by Gasteiger charge is -2.45. The molecule has 8 nitrogen and oxygen atoms in total. The highest BCUT2D eigenvalue weighted by Gasteiger charge is 2.52. The monoisotopic (exact) mass is 576 g/mol. The SMILES string of the molecule is Cc1cc(=O)oc2cc(O[C@@H]3OC(CO[Si](c4ccccc4)(c4ccccc4)C(C)(C)C)[C@H](O)C(O)C3O)ccc12. The minimum atomic E-state index is -2.96. The Kier molecular flexibility index (Phi) is 8.20. The number of rotatable bonds is 7. The number of fused-ring (bicyclic) bond motifs is 1. The topological polar surface area (TPSA) is 119 Å². The number of aliphatic hydroxyl groups excluding tert-OH is 3. The van der Waals surface area contributed by atoms with Gasteiger partial charge in [0, 0.05) is 17.5 Å². The van der Waals surface area contributed by atoms with Crippen molar-refractivity contribution >= 4 is 29.7 Å². The van der Waals surface area contributed by atoms with Gasteiger partial charge >= 0.3 is 5.63 Å². The molecule has 2 heterocycles. The third kappa shape index (κ3) is 5.61. The molecule has 1 fully saturated rings. The Morgan fingerprint density at radius 3 is 2.02 bits per heavy atom. The van der Waals surface area contributed by atoms with Gasteiger partial charge in [0.2, 0.25) is 6.29 Å². The van der Waals surface area contributed by atoms with Gasteiger partial charge in [-0.3, -0.25) is 0 Å². The van der Waals surface area contributed by atoms with Crippen molar-refractivity contribution in [3.05, 3.63) is 101 Å². The lowest BCUT2D eigenvalue weighted by Crippen LogP contribution is -2.68. The minimum absolute atomic E-state index is 0.0517. The summed E-state index contributed by atoms with van der Waals surface area (Å²) in [6, 6.07) is 26.5. The number of aliphatic hydroxyl groups is 3. The van der Waals surface area contributed by atoms with Crippen molar-refractivity contribution in [1.29, 1.82) is 0 Å². The second-order valence-electron chi connectivity index (χ2n) is 11.5. The second kappa shape index (κ2) is 11.5. The molecule has 3 N–H and O–H groups in total. The van der Waals surface area contributed by atoms with Gasteiger partial charge in [-0.2, -0.15) is 0 Å². The zero-order valence-electron chi connectivity index (χ0n) is 23.6. The zero-order chi connectivity index (χ0) is 29.4. The predicted molar refractivity (Wildman–Crippen MR) is 158 cm³/mol. The maximum absolute atomic E-state index is 11.9. The Hall–Kier alpha value is -3.31. The maximum Gasteiger partial charge on any atom is 0.336 e. The number of ether oxygens (including phenoxy) is 2. The average molecular weight is 577 g/mol. The van der Waals surface area contributed by atoms with Crippen LogP contribution < -0.4 is 20.7 Å². The van der Waals surface area contributed by atoms with Crippen LogP contribution in [0.1, 0.15) is 26.3 Å². The quantitative estimate of drug-likeness (QED) is 0.227. The molecule has 9 heteroatoms. The predicted octanol–water partition coefficient (Wildman–Crippen LogP) is 2.86. The van der Waals surface area contributed by atoms with E-state index in [1.807, 2.05) is 43.3 Å². The van der Waals surface area contributed by atoms with Crippen LogP contribution >= 0.6 is 0 Å². The van der Waals surface area contributed by atoms with Crippen LogP contribution in [0.3, 0.4) is 0 Å². The van der Waals surface area contributed by atoms with Crippen LogP contribution in [0, 0.1) is 6.92 Å². The molecule has 0 aliphatic carbocycles. The molecule has 0 bridgehead atoms. The van der Waals surface area contributed by atoms with Gasteiger partial charge in [-0.05, 0) is 40.0 Å². The summed E-state index contributed by atoms with van der Waals surface area (Å²) >= 11 is 0. The Balaban J connectivity index is 1.44. The van der Waals surface area contributed by atoms with E-state index >= 15 is 0 Å². The van der Waals surface area contributed by atoms with Crippen molar-refractivity contribution in [2.24, 2.45) is 0 Å². The summed E-state index contributed by atoms with van der Waals surface area (Å²) in [4.78, 5) is 11.9. The average Bonchev–Trinajstić information content (AvgIpc) is 2.94. The third-order valence-corrected chi connectivity index (χ3v) is 12.7. The van der Waals surface area contributed by atoms with Crippen molar-refractivity contribution < 1.29 is 33.6 Å². The van der Waals surface area contributed by atoms with E-state index < -0.39 is 44.6 Å². The van der Waals surface area contributed by atoms with Crippen LogP contribution in [-0.4, -0.2) is 60.9 Å². The van der Waals surface area contributed by atoms with Crippen molar-refractivity contribution in [2.45, 2.75) is 63.4 Å². The molecule has 1 aliphatic heterocycles. The van der Waals surface area contributed by atoms with E-state index in [0.29, 0.717) is 5.58 Å². The molecule has 216 valence electrons. The van der Waals surface area contributed by atoms with E-state index in [1.54, 1.807) is 12.1 Å². The van der Waals surface area contributed by atoms with E-state index in [-0.39, 0.29) is 17.4 Å². The number of hydrogen-bond acceptors (Lipinski definition) is 8. The molecule has 1 saturated heterocycles. The van der Waals surface area contributed by atoms with Gasteiger partial charge < -0.3 is 33.6 Å². The van der Waals surface area contributed by atoms with Gasteiger partial charge in [0.1, 0.15) is 35.7 Å². The van der Waals surface area contributed by atoms with Crippen molar-refractivity contribution in [2.75, 3.05) is 6.61 Å². The molecule has 1 aliphatic rings. The van der Waals surface area contributed by atoms with Gasteiger partial charge in [-0.1, -0.05) is 81.4 Å². The molecule has 3 unspecified atom stereocenters. The Morgan fingerprint density at radius 2 is 1.44 bits per heavy atom. The standard InChI is InChI=1S/C32H36O8Si/c1-20-17-27(33)39-25-18-21(15-16-24(20)25)38-31-30(36)29(35)28(34)26(40-31)19-37-41(32(2,3)4,22-11-7-5-8-12-22)23-13-9-6-10-14-23/h5-18,26,28-31,34-36H,19H2,1-4H3/t26?,28-,29?,30?,31+/m0/s1. The first kappa shape index (κ1) is 29.2. The highest BCUT2D eigenvalue weighted by atomic mass is 28.4. The zero-order valence-corrected chi connectivity index (χ0v) is 24.6. The summed E-state index contributed by atoms with van der Waals surface area (Å²) < 4.78 is 24.2. The van der Waals surface area contributed by atoms with E-state index in [1.165, 1.54) is 12.1 Å². The molecule has 0 amide bonds. The Bertz CT molecular complexity index is 1490. The molecule has 41 heavy (non-hydrogen) atoms. The van der Waals surface area contributed by atoms with Gasteiger partial charge in [-0.15, -0.1) is 0 Å². The summed E-state index contributed by atoms with van der Waals surface area (Å²) in [5.74, 6) is 0.269. The van der Waals surface area contributed by atoms with Crippen LogP contribution in [0.4, 0.5) is 0 Å². The molecule has 1 aromatic heterocycles. The molecule has 3 aromatic carbocycles. The van der Waals surface area contributed by atoms with Gasteiger partial charge in [-0.25, -0.2) is 4.79 Å². The molecular formula is C32H36O8Si. The Morgan fingerprint density at radius 1 is 0.829 bits per heavy atom. The highest BCUT2D eigenvalue weighted by molar-refractivity contribution is 6.99. The number of hydrogen-bond donors (Lipinski definition) is 3. The fraction of sp³-hybridized carbons (Fsp3) is 0.344. The molecular weight excluding hydrogens is 540 g/mol. The fourth-order valence-electron chi connectivity index (χ4n) is 5.63. The van der Waals surface area contributed by atoms with Gasteiger partial charge in [0.15, 0.2) is 0 Å². The largest absolute Gasteiger partial charge is 0.462 e. The van der Waals surface area contributed by atoms with Crippen molar-refractivity contribution in [3.8, 4) is 5.75 Å². The lowest BCUT2D eigenvalue weighted by atomic mass is 9.99. The molecule has 4 aromatic rings. The van der Waals surface area contributed by atoms with Crippen molar-refractivity contribution in [3.63, 3.8) is 0 Å². The Labute approximate surface area is 239 Å². The number of benzene rings is 3. The van der Waals surface area contributed by atoms with E-state index in [9.17, 15) is 20.1 Å². The van der Waals surface area contributed by atoms with E-state index in [2.05, 4.69) is 45.0 Å². The normalized spacial score (nSPS) is 23.4. The molecule has 5 rings (SSSR count). The summed E-state index contributed by atoms with van der Waals surface area (Å²) in [7, 11) is -2.96. The smallest absolute Gasteiger partial charge is 0.336 e. The first-order valence-electron chi connectivity index (χ1n) is 13.7. The second-order valence-corrected chi connectivity index (χ2v) is 15.8. The van der Waals surface area contributed by atoms with Crippen LogP contribution in [0.5, 0.6) is 5.75 Å². The van der Waals surface area contributed by atoms with Gasteiger partial charge in [0.05, 0.1) is 6.61 Å². The van der Waals surface area contributed by atoms with Crippen molar-refractivity contribution in [1.82, 2.24) is 0 Å². The summed E-state index contributed by atoms with van der Waals surface area (Å²) in [6.07, 6.45) is -6.80. The maximum atomic E-state index is 11.9. The van der Waals surface area contributed by atoms with E-state index in [4.69, 9.17) is 18.3 Å². The lowest BCUT2D eigenvalue weighted by molar-refractivity contribution is -0.276. The van der Waals surface area contributed by atoms with Crippen LogP contribution in [-0.2, 0) is 9.16 Å².